The van der Waals surface area contributed by atoms with E-state index in [1.54, 1.807) is 25.3 Å². The van der Waals surface area contributed by atoms with Crippen molar-refractivity contribution in [3.8, 4) is 11.5 Å². The van der Waals surface area contributed by atoms with Crippen molar-refractivity contribution >= 4 is 11.6 Å². The molecule has 22 heavy (non-hydrogen) atoms. The lowest BCUT2D eigenvalue weighted by Gasteiger charge is -2.19. The van der Waals surface area contributed by atoms with Crippen molar-refractivity contribution in [2.75, 3.05) is 45.2 Å². The Morgan fingerprint density at radius 2 is 2.00 bits per heavy atom. The average molecular weight is 309 g/mol. The predicted octanol–water partition coefficient (Wildman–Crippen LogP) is 1.70. The highest BCUT2D eigenvalue weighted by molar-refractivity contribution is 5.91. The summed E-state index contributed by atoms with van der Waals surface area (Å²) in [4.78, 5) is 13.9. The van der Waals surface area contributed by atoms with E-state index in [9.17, 15) is 4.79 Å². The van der Waals surface area contributed by atoms with Crippen molar-refractivity contribution in [2.24, 2.45) is 5.73 Å². The Morgan fingerprint density at radius 3 is 2.59 bits per heavy atom. The van der Waals surface area contributed by atoms with Crippen LogP contribution in [0.15, 0.2) is 18.2 Å². The number of nitrogens with zero attached hydrogens (tertiary/aromatic N) is 1. The second kappa shape index (κ2) is 10.0. The van der Waals surface area contributed by atoms with Crippen molar-refractivity contribution in [3.63, 3.8) is 0 Å². The minimum Gasteiger partial charge on any atom is -0.493 e. The molecule has 0 saturated heterocycles. The summed E-state index contributed by atoms with van der Waals surface area (Å²) in [6, 6.07) is 5.34. The monoisotopic (exact) mass is 309 g/mol. The fourth-order valence-corrected chi connectivity index (χ4v) is 2.05. The fraction of sp³-hybridized carbons (Fsp3) is 0.562. The van der Waals surface area contributed by atoms with Crippen LogP contribution in [0.2, 0.25) is 0 Å². The molecule has 1 aromatic rings. The zero-order chi connectivity index (χ0) is 16.4. The molecule has 6 heteroatoms. The number of benzene rings is 1. The first kappa shape index (κ1) is 18.3. The normalized spacial score (nSPS) is 10.6. The van der Waals surface area contributed by atoms with E-state index in [4.69, 9.17) is 15.2 Å². The molecular formula is C16H27N3O3. The van der Waals surface area contributed by atoms with Gasteiger partial charge in [0.1, 0.15) is 6.61 Å². The molecule has 0 saturated carbocycles. The molecule has 0 radical (unpaired) electrons. The number of nitrogens with two attached hydrogens (primary N) is 1. The van der Waals surface area contributed by atoms with Crippen LogP contribution < -0.4 is 20.5 Å². The number of amides is 1. The summed E-state index contributed by atoms with van der Waals surface area (Å²) in [5.74, 6) is 1.17. The number of hydrogen-bond donors (Lipinski definition) is 2. The van der Waals surface area contributed by atoms with Gasteiger partial charge in [0.15, 0.2) is 11.5 Å². The molecule has 0 unspecified atom stereocenters. The first-order valence-corrected chi connectivity index (χ1v) is 7.67. The molecule has 0 aliphatic rings. The smallest absolute Gasteiger partial charge is 0.225 e. The lowest BCUT2D eigenvalue weighted by Crippen LogP contribution is -2.28. The Balaban J connectivity index is 2.68. The van der Waals surface area contributed by atoms with Crippen LogP contribution in [0.25, 0.3) is 0 Å². The van der Waals surface area contributed by atoms with Gasteiger partial charge in [-0.25, -0.2) is 0 Å². The van der Waals surface area contributed by atoms with Crippen LogP contribution in [0.4, 0.5) is 5.69 Å². The van der Waals surface area contributed by atoms with E-state index in [1.165, 1.54) is 0 Å². The molecule has 0 heterocycles. The van der Waals surface area contributed by atoms with E-state index in [1.807, 2.05) is 0 Å². The van der Waals surface area contributed by atoms with Crippen molar-refractivity contribution in [1.82, 2.24) is 4.90 Å². The van der Waals surface area contributed by atoms with Gasteiger partial charge < -0.3 is 25.4 Å². The van der Waals surface area contributed by atoms with Gasteiger partial charge in [-0.1, -0.05) is 13.8 Å². The maximum atomic E-state index is 11.6. The summed E-state index contributed by atoms with van der Waals surface area (Å²) < 4.78 is 11.1. The third-order valence-corrected chi connectivity index (χ3v) is 3.38. The third kappa shape index (κ3) is 5.91. The number of rotatable bonds is 10. The Morgan fingerprint density at radius 1 is 1.27 bits per heavy atom. The topological polar surface area (TPSA) is 76.8 Å². The molecule has 0 bridgehead atoms. The number of nitrogens with one attached hydrogen (secondary N) is 1. The van der Waals surface area contributed by atoms with E-state index in [0.717, 1.165) is 19.6 Å². The number of anilines is 1. The van der Waals surface area contributed by atoms with E-state index in [-0.39, 0.29) is 5.91 Å². The second-order valence-electron chi connectivity index (χ2n) is 4.83. The van der Waals surface area contributed by atoms with Crippen LogP contribution >= 0.6 is 0 Å². The SMILES string of the molecule is CCN(CC)CCOc1cc(NC(=O)CCN)ccc1OC. The minimum absolute atomic E-state index is 0.109. The van der Waals surface area contributed by atoms with Crippen LogP contribution in [0, 0.1) is 0 Å². The first-order valence-electron chi connectivity index (χ1n) is 7.67. The number of carbonyl (C=O) groups excluding carboxylic acids is 1. The predicted molar refractivity (Wildman–Crippen MR) is 88.6 cm³/mol. The molecule has 6 nitrogen and oxygen atoms in total. The lowest BCUT2D eigenvalue weighted by molar-refractivity contribution is -0.116. The molecule has 0 aliphatic carbocycles. The van der Waals surface area contributed by atoms with Crippen LogP contribution in [0.1, 0.15) is 20.3 Å². The lowest BCUT2D eigenvalue weighted by atomic mass is 10.2. The highest BCUT2D eigenvalue weighted by Crippen LogP contribution is 2.30. The molecule has 0 spiro atoms. The summed E-state index contributed by atoms with van der Waals surface area (Å²) >= 11 is 0. The van der Waals surface area contributed by atoms with E-state index < -0.39 is 0 Å². The van der Waals surface area contributed by atoms with Gasteiger partial charge in [0, 0.05) is 31.3 Å². The summed E-state index contributed by atoms with van der Waals surface area (Å²) in [7, 11) is 1.60. The van der Waals surface area contributed by atoms with Crippen molar-refractivity contribution in [1.29, 1.82) is 0 Å². The maximum absolute atomic E-state index is 11.6. The molecule has 0 atom stereocenters. The van der Waals surface area contributed by atoms with Gasteiger partial charge in [-0.2, -0.15) is 0 Å². The highest BCUT2D eigenvalue weighted by atomic mass is 16.5. The molecule has 0 fully saturated rings. The Hall–Kier alpha value is -1.79. The van der Waals surface area contributed by atoms with Crippen LogP contribution in [0.3, 0.4) is 0 Å². The van der Waals surface area contributed by atoms with Gasteiger partial charge in [0.05, 0.1) is 7.11 Å². The Bertz CT molecular complexity index is 462. The summed E-state index contributed by atoms with van der Waals surface area (Å²) in [6.45, 7) is 7.97. The molecule has 0 aliphatic heterocycles. The van der Waals surface area contributed by atoms with Gasteiger partial charge in [-0.15, -0.1) is 0 Å². The molecular weight excluding hydrogens is 282 g/mol. The zero-order valence-electron chi connectivity index (χ0n) is 13.7. The standard InChI is InChI=1S/C16H27N3O3/c1-4-19(5-2)10-11-22-15-12-13(6-7-14(15)21-3)18-16(20)8-9-17/h6-7,12H,4-5,8-11,17H2,1-3H3,(H,18,20). The second-order valence-corrected chi connectivity index (χ2v) is 4.83. The van der Waals surface area contributed by atoms with Crippen LogP contribution in [-0.2, 0) is 4.79 Å². The van der Waals surface area contributed by atoms with Crippen LogP contribution in [0.5, 0.6) is 11.5 Å². The quantitative estimate of drug-likeness (QED) is 0.688. The number of ether oxygens (including phenoxy) is 2. The van der Waals surface area contributed by atoms with Gasteiger partial charge in [-0.05, 0) is 25.2 Å². The van der Waals surface area contributed by atoms with Gasteiger partial charge in [0.25, 0.3) is 0 Å². The van der Waals surface area contributed by atoms with Crippen molar-refractivity contribution in [2.45, 2.75) is 20.3 Å². The fourth-order valence-electron chi connectivity index (χ4n) is 2.05. The largest absolute Gasteiger partial charge is 0.493 e. The zero-order valence-corrected chi connectivity index (χ0v) is 13.7. The van der Waals surface area contributed by atoms with Crippen molar-refractivity contribution in [3.05, 3.63) is 18.2 Å². The van der Waals surface area contributed by atoms with Gasteiger partial charge >= 0.3 is 0 Å². The molecule has 124 valence electrons. The Labute approximate surface area is 132 Å². The summed E-state index contributed by atoms with van der Waals surface area (Å²) in [6.07, 6.45) is 0.296. The Kier molecular flexibility index (Phi) is 8.32. The number of likely N-dealkylation sites (N-methyl/N-ethyl adjacent to an activating group) is 1. The van der Waals surface area contributed by atoms with E-state index >= 15 is 0 Å². The molecule has 3 N–H and O–H groups in total. The molecule has 1 rings (SSSR count). The van der Waals surface area contributed by atoms with Gasteiger partial charge in [-0.3, -0.25) is 4.79 Å². The first-order chi connectivity index (χ1) is 10.6. The van der Waals surface area contributed by atoms with Crippen LogP contribution in [-0.4, -0.2) is 50.7 Å². The van der Waals surface area contributed by atoms with E-state index in [2.05, 4.69) is 24.1 Å². The highest BCUT2D eigenvalue weighted by Gasteiger charge is 2.09. The van der Waals surface area contributed by atoms with Gasteiger partial charge in [0.2, 0.25) is 5.91 Å². The minimum atomic E-state index is -0.109. The summed E-state index contributed by atoms with van der Waals surface area (Å²) in [5.41, 5.74) is 6.05. The average Bonchev–Trinajstić information content (AvgIpc) is 2.52. The van der Waals surface area contributed by atoms with Crippen molar-refractivity contribution < 1.29 is 14.3 Å². The maximum Gasteiger partial charge on any atom is 0.225 e. The van der Waals surface area contributed by atoms with E-state index in [0.29, 0.717) is 36.8 Å². The summed E-state index contributed by atoms with van der Waals surface area (Å²) in [5, 5.41) is 2.79. The number of methoxy groups -OCH3 is 1. The molecule has 1 amide bonds. The molecule has 1 aromatic carbocycles. The third-order valence-electron chi connectivity index (χ3n) is 3.38. The molecule has 0 aromatic heterocycles. The number of hydrogen-bond acceptors (Lipinski definition) is 5. The number of carbonyl (C=O) groups is 1.